The summed E-state index contributed by atoms with van der Waals surface area (Å²) in [4.78, 5) is 10.6. The van der Waals surface area contributed by atoms with Gasteiger partial charge in [-0.25, -0.2) is 0 Å². The molecule has 0 saturated heterocycles. The average Bonchev–Trinajstić information content (AvgIpc) is 2.66. The molecule has 132 valence electrons. The number of aliphatic carboxylic acids is 1. The van der Waals surface area contributed by atoms with E-state index in [1.807, 2.05) is 66.7 Å². The van der Waals surface area contributed by atoms with Gasteiger partial charge in [-0.3, -0.25) is 4.79 Å². The highest BCUT2D eigenvalue weighted by Crippen LogP contribution is 2.24. The van der Waals surface area contributed by atoms with E-state index in [-0.39, 0.29) is 6.42 Å². The molecule has 0 unspecified atom stereocenters. The van der Waals surface area contributed by atoms with E-state index in [0.717, 1.165) is 28.0 Å². The molecule has 0 bridgehead atoms. The van der Waals surface area contributed by atoms with Crippen LogP contribution in [-0.2, 0) is 17.8 Å². The number of halogens is 1. The fourth-order valence-electron chi connectivity index (χ4n) is 2.68. The molecule has 1 N–H and O–H groups in total. The van der Waals surface area contributed by atoms with Crippen molar-refractivity contribution in [3.05, 3.63) is 88.9 Å². The molecule has 0 heterocycles. The van der Waals surface area contributed by atoms with Gasteiger partial charge in [0, 0.05) is 11.4 Å². The topological polar surface area (TPSA) is 46.5 Å². The summed E-state index contributed by atoms with van der Waals surface area (Å²) in [7, 11) is 0. The number of ether oxygens (including phenoxy) is 1. The lowest BCUT2D eigenvalue weighted by molar-refractivity contribution is -0.136. The standard InChI is InChI=1S/C22H19ClO3/c23-20-6-2-5-19(14-20)18-4-1-3-17(13-18)15-26-21-10-7-16(8-11-21)9-12-22(24)25/h1-8,10-11,13-14H,9,12,15H2,(H,24,25). The normalized spacial score (nSPS) is 10.5. The summed E-state index contributed by atoms with van der Waals surface area (Å²) in [5.74, 6) is -0.0258. The van der Waals surface area contributed by atoms with E-state index >= 15 is 0 Å². The van der Waals surface area contributed by atoms with Gasteiger partial charge in [0.05, 0.1) is 0 Å². The Labute approximate surface area is 157 Å². The Morgan fingerprint density at radius 1 is 0.885 bits per heavy atom. The minimum absolute atomic E-state index is 0.135. The molecule has 0 aromatic heterocycles. The number of benzene rings is 3. The lowest BCUT2D eigenvalue weighted by Gasteiger charge is -2.09. The zero-order chi connectivity index (χ0) is 18.4. The Hall–Kier alpha value is -2.78. The van der Waals surface area contributed by atoms with E-state index in [1.165, 1.54) is 0 Å². The lowest BCUT2D eigenvalue weighted by Crippen LogP contribution is -1.98. The highest BCUT2D eigenvalue weighted by molar-refractivity contribution is 6.30. The van der Waals surface area contributed by atoms with Crippen molar-refractivity contribution in [1.82, 2.24) is 0 Å². The smallest absolute Gasteiger partial charge is 0.303 e. The maximum Gasteiger partial charge on any atom is 0.303 e. The molecule has 0 amide bonds. The second-order valence-electron chi connectivity index (χ2n) is 6.04. The van der Waals surface area contributed by atoms with Crippen LogP contribution in [-0.4, -0.2) is 11.1 Å². The van der Waals surface area contributed by atoms with Crippen molar-refractivity contribution in [3.8, 4) is 16.9 Å². The van der Waals surface area contributed by atoms with Crippen LogP contribution in [0.5, 0.6) is 5.75 Å². The molecule has 0 aliphatic rings. The summed E-state index contributed by atoms with van der Waals surface area (Å²) in [6, 6.07) is 23.5. The quantitative estimate of drug-likeness (QED) is 0.591. The van der Waals surface area contributed by atoms with Gasteiger partial charge in [-0.1, -0.05) is 54.1 Å². The van der Waals surface area contributed by atoms with Gasteiger partial charge in [0.15, 0.2) is 0 Å². The zero-order valence-corrected chi connectivity index (χ0v) is 14.9. The van der Waals surface area contributed by atoms with Crippen LogP contribution in [0.2, 0.25) is 5.02 Å². The fraction of sp³-hybridized carbons (Fsp3) is 0.136. The van der Waals surface area contributed by atoms with Crippen LogP contribution >= 0.6 is 11.6 Å². The maximum absolute atomic E-state index is 10.6. The van der Waals surface area contributed by atoms with Gasteiger partial charge in [0.2, 0.25) is 0 Å². The molecular formula is C22H19ClO3. The van der Waals surface area contributed by atoms with Gasteiger partial charge in [-0.15, -0.1) is 0 Å². The van der Waals surface area contributed by atoms with Crippen molar-refractivity contribution in [3.63, 3.8) is 0 Å². The van der Waals surface area contributed by atoms with Crippen LogP contribution in [0.15, 0.2) is 72.8 Å². The monoisotopic (exact) mass is 366 g/mol. The van der Waals surface area contributed by atoms with E-state index in [4.69, 9.17) is 21.4 Å². The maximum atomic E-state index is 10.6. The van der Waals surface area contributed by atoms with Gasteiger partial charge in [-0.2, -0.15) is 0 Å². The molecule has 26 heavy (non-hydrogen) atoms. The van der Waals surface area contributed by atoms with Crippen LogP contribution in [0.25, 0.3) is 11.1 Å². The highest BCUT2D eigenvalue weighted by atomic mass is 35.5. The van der Waals surface area contributed by atoms with Crippen molar-refractivity contribution in [2.24, 2.45) is 0 Å². The number of aryl methyl sites for hydroxylation is 1. The fourth-order valence-corrected chi connectivity index (χ4v) is 2.87. The van der Waals surface area contributed by atoms with Gasteiger partial charge in [0.25, 0.3) is 0 Å². The Morgan fingerprint density at radius 3 is 2.27 bits per heavy atom. The largest absolute Gasteiger partial charge is 0.489 e. The highest BCUT2D eigenvalue weighted by Gasteiger charge is 2.03. The van der Waals surface area contributed by atoms with Crippen molar-refractivity contribution < 1.29 is 14.6 Å². The molecule has 3 aromatic rings. The Bertz CT molecular complexity index is 888. The third-order valence-electron chi connectivity index (χ3n) is 4.04. The predicted molar refractivity (Wildman–Crippen MR) is 104 cm³/mol. The minimum atomic E-state index is -0.787. The van der Waals surface area contributed by atoms with Crippen LogP contribution in [0, 0.1) is 0 Å². The van der Waals surface area contributed by atoms with Crippen LogP contribution in [0.1, 0.15) is 17.5 Å². The van der Waals surface area contributed by atoms with E-state index in [2.05, 4.69) is 6.07 Å². The lowest BCUT2D eigenvalue weighted by atomic mass is 10.0. The van der Waals surface area contributed by atoms with Gasteiger partial charge in [0.1, 0.15) is 12.4 Å². The Morgan fingerprint density at radius 2 is 1.58 bits per heavy atom. The first-order valence-corrected chi connectivity index (χ1v) is 8.76. The first-order valence-electron chi connectivity index (χ1n) is 8.38. The molecule has 3 rings (SSSR count). The van der Waals surface area contributed by atoms with Crippen LogP contribution in [0.3, 0.4) is 0 Å². The Balaban J connectivity index is 1.63. The van der Waals surface area contributed by atoms with Crippen molar-refractivity contribution in [2.45, 2.75) is 19.4 Å². The second-order valence-corrected chi connectivity index (χ2v) is 6.47. The molecule has 0 fully saturated rings. The first kappa shape index (κ1) is 18.0. The second kappa shape index (κ2) is 8.54. The molecule has 4 heteroatoms. The third kappa shape index (κ3) is 5.11. The summed E-state index contributed by atoms with van der Waals surface area (Å²) >= 11 is 6.07. The third-order valence-corrected chi connectivity index (χ3v) is 4.28. The first-order chi connectivity index (χ1) is 12.6. The molecule has 0 atom stereocenters. The summed E-state index contributed by atoms with van der Waals surface area (Å²) in [6.45, 7) is 0.461. The van der Waals surface area contributed by atoms with Gasteiger partial charge in [-0.05, 0) is 59.0 Å². The molecule has 3 aromatic carbocycles. The van der Waals surface area contributed by atoms with E-state index < -0.39 is 5.97 Å². The summed E-state index contributed by atoms with van der Waals surface area (Å²) in [6.07, 6.45) is 0.661. The molecular weight excluding hydrogens is 348 g/mol. The van der Waals surface area contributed by atoms with Gasteiger partial charge >= 0.3 is 5.97 Å². The van der Waals surface area contributed by atoms with E-state index in [1.54, 1.807) is 0 Å². The van der Waals surface area contributed by atoms with Crippen molar-refractivity contribution in [2.75, 3.05) is 0 Å². The van der Waals surface area contributed by atoms with E-state index in [9.17, 15) is 4.79 Å². The van der Waals surface area contributed by atoms with Crippen LogP contribution < -0.4 is 4.74 Å². The number of hydrogen-bond acceptors (Lipinski definition) is 2. The van der Waals surface area contributed by atoms with Crippen molar-refractivity contribution >= 4 is 17.6 Å². The zero-order valence-electron chi connectivity index (χ0n) is 14.2. The molecule has 0 spiro atoms. The number of hydrogen-bond donors (Lipinski definition) is 1. The molecule has 0 aliphatic heterocycles. The van der Waals surface area contributed by atoms with E-state index in [0.29, 0.717) is 18.1 Å². The Kier molecular flexibility index (Phi) is 5.92. The molecule has 0 aliphatic carbocycles. The number of carboxylic acids is 1. The average molecular weight is 367 g/mol. The number of rotatable bonds is 7. The van der Waals surface area contributed by atoms with Crippen LogP contribution in [0.4, 0.5) is 0 Å². The number of carboxylic acid groups (broad SMARTS) is 1. The molecule has 0 radical (unpaired) electrons. The molecule has 0 saturated carbocycles. The minimum Gasteiger partial charge on any atom is -0.489 e. The number of carbonyl (C=O) groups is 1. The van der Waals surface area contributed by atoms with Crippen molar-refractivity contribution in [1.29, 1.82) is 0 Å². The molecule has 3 nitrogen and oxygen atoms in total. The summed E-state index contributed by atoms with van der Waals surface area (Å²) in [5.41, 5.74) is 4.22. The van der Waals surface area contributed by atoms with Gasteiger partial charge < -0.3 is 9.84 Å². The summed E-state index contributed by atoms with van der Waals surface area (Å²) < 4.78 is 5.84. The predicted octanol–water partition coefficient (Wildman–Crippen LogP) is 5.60. The summed E-state index contributed by atoms with van der Waals surface area (Å²) in [5, 5.41) is 9.44. The SMILES string of the molecule is O=C(O)CCc1ccc(OCc2cccc(-c3cccc(Cl)c3)c2)cc1.